The van der Waals surface area contributed by atoms with Gasteiger partial charge in [-0.25, -0.2) is 4.98 Å². The summed E-state index contributed by atoms with van der Waals surface area (Å²) in [7, 11) is 0. The lowest BCUT2D eigenvalue weighted by Crippen LogP contribution is -2.48. The molecule has 1 aliphatic rings. The van der Waals surface area contributed by atoms with E-state index in [9.17, 15) is 10.1 Å². The zero-order chi connectivity index (χ0) is 12.5. The molecule has 0 unspecified atom stereocenters. The van der Waals surface area contributed by atoms with Crippen molar-refractivity contribution < 1.29 is 4.92 Å². The molecular formula is C12H17N3O2. The van der Waals surface area contributed by atoms with E-state index in [0.717, 1.165) is 25.2 Å². The Morgan fingerprint density at radius 3 is 2.71 bits per heavy atom. The van der Waals surface area contributed by atoms with Crippen LogP contribution in [0.5, 0.6) is 0 Å². The number of piperidine rings is 1. The first-order valence-corrected chi connectivity index (χ1v) is 5.89. The van der Waals surface area contributed by atoms with Gasteiger partial charge < -0.3 is 4.90 Å². The van der Waals surface area contributed by atoms with Crippen LogP contribution < -0.4 is 4.90 Å². The highest BCUT2D eigenvalue weighted by Gasteiger charge is 2.30. The number of hydrogen-bond acceptors (Lipinski definition) is 4. The summed E-state index contributed by atoms with van der Waals surface area (Å²) in [6.07, 6.45) is 4.85. The minimum atomic E-state index is -0.419. The second-order valence-electron chi connectivity index (χ2n) is 5.05. The molecule has 0 bridgehead atoms. The minimum absolute atomic E-state index is 0.0450. The fourth-order valence-corrected chi connectivity index (χ4v) is 2.34. The molecule has 0 aliphatic carbocycles. The summed E-state index contributed by atoms with van der Waals surface area (Å²) in [6, 6.07) is 3.26. The second kappa shape index (κ2) is 4.31. The van der Waals surface area contributed by atoms with Gasteiger partial charge in [0.2, 0.25) is 0 Å². The Hall–Kier alpha value is -1.65. The van der Waals surface area contributed by atoms with Crippen LogP contribution in [0.1, 0.15) is 33.1 Å². The average molecular weight is 235 g/mol. The maximum absolute atomic E-state index is 10.6. The van der Waals surface area contributed by atoms with Crippen LogP contribution in [0.3, 0.4) is 0 Å². The first kappa shape index (κ1) is 11.8. The number of anilines is 1. The number of hydrogen-bond donors (Lipinski definition) is 0. The molecule has 5 nitrogen and oxygen atoms in total. The maximum Gasteiger partial charge on any atom is 0.287 e. The molecule has 5 heteroatoms. The van der Waals surface area contributed by atoms with E-state index in [4.69, 9.17) is 0 Å². The molecule has 0 aromatic carbocycles. The van der Waals surface area contributed by atoms with Gasteiger partial charge in [0, 0.05) is 18.2 Å². The molecule has 1 saturated heterocycles. The molecule has 0 N–H and O–H groups in total. The second-order valence-corrected chi connectivity index (χ2v) is 5.05. The van der Waals surface area contributed by atoms with Crippen LogP contribution in [0, 0.1) is 10.1 Å². The summed E-state index contributed by atoms with van der Waals surface area (Å²) in [5.74, 6) is 0.834. The zero-order valence-electron chi connectivity index (χ0n) is 10.2. The lowest BCUT2D eigenvalue weighted by atomic mass is 9.90. The van der Waals surface area contributed by atoms with Crippen molar-refractivity contribution in [3.8, 4) is 0 Å². The van der Waals surface area contributed by atoms with E-state index in [2.05, 4.69) is 23.7 Å². The topological polar surface area (TPSA) is 59.3 Å². The average Bonchev–Trinajstić information content (AvgIpc) is 2.28. The number of nitro groups is 1. The molecule has 0 saturated carbocycles. The molecule has 1 aromatic heterocycles. The van der Waals surface area contributed by atoms with Gasteiger partial charge in [0.1, 0.15) is 12.0 Å². The Morgan fingerprint density at radius 1 is 1.41 bits per heavy atom. The van der Waals surface area contributed by atoms with Gasteiger partial charge in [-0.15, -0.1) is 0 Å². The van der Waals surface area contributed by atoms with Crippen molar-refractivity contribution in [2.75, 3.05) is 11.4 Å². The highest BCUT2D eigenvalue weighted by Crippen LogP contribution is 2.31. The largest absolute Gasteiger partial charge is 0.351 e. The zero-order valence-corrected chi connectivity index (χ0v) is 10.2. The van der Waals surface area contributed by atoms with E-state index in [1.165, 1.54) is 18.7 Å². The quantitative estimate of drug-likeness (QED) is 0.584. The molecule has 0 amide bonds. The summed E-state index contributed by atoms with van der Waals surface area (Å²) in [5, 5.41) is 10.6. The summed E-state index contributed by atoms with van der Waals surface area (Å²) in [6.45, 7) is 5.35. The summed E-state index contributed by atoms with van der Waals surface area (Å²) < 4.78 is 0. The third-order valence-electron chi connectivity index (χ3n) is 3.37. The SMILES string of the molecule is CC1(C)CCCCN1c1ccc([N+](=O)[O-])cn1. The van der Waals surface area contributed by atoms with Gasteiger partial charge in [0.15, 0.2) is 0 Å². The van der Waals surface area contributed by atoms with E-state index in [1.807, 2.05) is 0 Å². The molecular weight excluding hydrogens is 218 g/mol. The van der Waals surface area contributed by atoms with E-state index in [0.29, 0.717) is 0 Å². The van der Waals surface area contributed by atoms with Crippen molar-refractivity contribution >= 4 is 11.5 Å². The molecule has 2 heterocycles. The van der Waals surface area contributed by atoms with Crippen LogP contribution >= 0.6 is 0 Å². The Balaban J connectivity index is 2.24. The normalized spacial score (nSPS) is 19.1. The predicted octanol–water partition coefficient (Wildman–Crippen LogP) is 2.76. The van der Waals surface area contributed by atoms with Gasteiger partial charge in [-0.1, -0.05) is 0 Å². The van der Waals surface area contributed by atoms with Crippen LogP contribution in [0.4, 0.5) is 11.5 Å². The van der Waals surface area contributed by atoms with Gasteiger partial charge in [-0.2, -0.15) is 0 Å². The number of rotatable bonds is 2. The van der Waals surface area contributed by atoms with Crippen LogP contribution in [-0.4, -0.2) is 22.0 Å². The van der Waals surface area contributed by atoms with E-state index >= 15 is 0 Å². The smallest absolute Gasteiger partial charge is 0.287 e. The lowest BCUT2D eigenvalue weighted by Gasteiger charge is -2.43. The predicted molar refractivity (Wildman–Crippen MR) is 66.2 cm³/mol. The summed E-state index contributed by atoms with van der Waals surface area (Å²) in [5.41, 5.74) is 0.130. The molecule has 1 aliphatic heterocycles. The van der Waals surface area contributed by atoms with Crippen LogP contribution in [0.25, 0.3) is 0 Å². The lowest BCUT2D eigenvalue weighted by molar-refractivity contribution is -0.385. The first-order chi connectivity index (χ1) is 8.00. The van der Waals surface area contributed by atoms with Crippen molar-refractivity contribution in [2.24, 2.45) is 0 Å². The molecule has 1 fully saturated rings. The van der Waals surface area contributed by atoms with E-state index in [1.54, 1.807) is 6.07 Å². The van der Waals surface area contributed by atoms with Crippen molar-refractivity contribution in [3.05, 3.63) is 28.4 Å². The van der Waals surface area contributed by atoms with Crippen LogP contribution in [0.15, 0.2) is 18.3 Å². The Kier molecular flexibility index (Phi) is 3.00. The monoisotopic (exact) mass is 235 g/mol. The number of aromatic nitrogens is 1. The summed E-state index contributed by atoms with van der Waals surface area (Å²) >= 11 is 0. The van der Waals surface area contributed by atoms with E-state index < -0.39 is 4.92 Å². The summed E-state index contributed by atoms with van der Waals surface area (Å²) in [4.78, 5) is 16.6. The molecule has 0 spiro atoms. The molecule has 0 radical (unpaired) electrons. The molecule has 2 rings (SSSR count). The fourth-order valence-electron chi connectivity index (χ4n) is 2.34. The van der Waals surface area contributed by atoms with Gasteiger partial charge in [0.05, 0.1) is 4.92 Å². The van der Waals surface area contributed by atoms with Crippen molar-refractivity contribution in [2.45, 2.75) is 38.6 Å². The molecule has 17 heavy (non-hydrogen) atoms. The van der Waals surface area contributed by atoms with Crippen molar-refractivity contribution in [3.63, 3.8) is 0 Å². The van der Waals surface area contributed by atoms with Gasteiger partial charge in [-0.3, -0.25) is 10.1 Å². The third kappa shape index (κ3) is 2.38. The molecule has 0 atom stereocenters. The van der Waals surface area contributed by atoms with Crippen LogP contribution in [0.2, 0.25) is 0 Å². The first-order valence-electron chi connectivity index (χ1n) is 5.89. The number of nitrogens with zero attached hydrogens (tertiary/aromatic N) is 3. The Bertz CT molecular complexity index is 414. The Labute approximate surface area is 101 Å². The third-order valence-corrected chi connectivity index (χ3v) is 3.37. The standard InChI is InChI=1S/C12H17N3O2/c1-12(2)7-3-4-8-14(12)11-6-5-10(9-13-11)15(16)17/h5-6,9H,3-4,7-8H2,1-2H3. The minimum Gasteiger partial charge on any atom is -0.351 e. The fraction of sp³-hybridized carbons (Fsp3) is 0.583. The van der Waals surface area contributed by atoms with Crippen LogP contribution in [-0.2, 0) is 0 Å². The van der Waals surface area contributed by atoms with Crippen molar-refractivity contribution in [1.29, 1.82) is 0 Å². The molecule has 1 aromatic rings. The maximum atomic E-state index is 10.6. The van der Waals surface area contributed by atoms with Gasteiger partial charge in [0.25, 0.3) is 5.69 Å². The highest BCUT2D eigenvalue weighted by atomic mass is 16.6. The number of pyridine rings is 1. The van der Waals surface area contributed by atoms with Crippen molar-refractivity contribution in [1.82, 2.24) is 4.98 Å². The Morgan fingerprint density at radius 2 is 2.18 bits per heavy atom. The molecule has 92 valence electrons. The van der Waals surface area contributed by atoms with Gasteiger partial charge >= 0.3 is 0 Å². The van der Waals surface area contributed by atoms with Gasteiger partial charge in [-0.05, 0) is 39.2 Å². The highest BCUT2D eigenvalue weighted by molar-refractivity contribution is 5.45. The van der Waals surface area contributed by atoms with E-state index in [-0.39, 0.29) is 11.2 Å².